The summed E-state index contributed by atoms with van der Waals surface area (Å²) in [7, 11) is 1.54. The van der Waals surface area contributed by atoms with Crippen LogP contribution in [0, 0.1) is 0 Å². The molecule has 0 saturated carbocycles. The Balaban J connectivity index is 1.42. The standard InChI is InChI=1S/C28H25F3N4O/c1-17(2)21-6-4-5-7-22(21)23-13-24-20(14-32-23)12-26(36)35(24)15-18-8-10-19(11-9-18)27-33-25(16-34(27)3)28(29,30)31/h4-11,13-14,16-17H,12,15H2,1-3H3. The molecule has 0 N–H and O–H groups in total. The lowest BCUT2D eigenvalue weighted by Crippen LogP contribution is -2.26. The third-order valence-corrected chi connectivity index (χ3v) is 6.47. The second kappa shape index (κ2) is 8.93. The van der Waals surface area contributed by atoms with Gasteiger partial charge in [-0.05, 0) is 23.1 Å². The Morgan fingerprint density at radius 3 is 2.44 bits per heavy atom. The van der Waals surface area contributed by atoms with Crippen LogP contribution in [-0.4, -0.2) is 20.4 Å². The van der Waals surface area contributed by atoms with Crippen molar-refractivity contribution in [1.29, 1.82) is 0 Å². The van der Waals surface area contributed by atoms with Gasteiger partial charge < -0.3 is 9.47 Å². The van der Waals surface area contributed by atoms with Crippen molar-refractivity contribution in [2.75, 3.05) is 4.90 Å². The van der Waals surface area contributed by atoms with E-state index in [1.165, 1.54) is 17.2 Å². The fourth-order valence-electron chi connectivity index (χ4n) is 4.62. The first-order chi connectivity index (χ1) is 17.1. The topological polar surface area (TPSA) is 51.0 Å². The minimum Gasteiger partial charge on any atom is -0.333 e. The van der Waals surface area contributed by atoms with E-state index in [9.17, 15) is 18.0 Å². The van der Waals surface area contributed by atoms with Gasteiger partial charge in [0.05, 0.1) is 24.3 Å². The summed E-state index contributed by atoms with van der Waals surface area (Å²) in [6.07, 6.45) is -1.45. The lowest BCUT2D eigenvalue weighted by Gasteiger charge is -2.19. The number of carbonyl (C=O) groups is 1. The van der Waals surface area contributed by atoms with Gasteiger partial charge in [-0.15, -0.1) is 0 Å². The molecule has 2 aromatic carbocycles. The number of rotatable bonds is 5. The molecule has 5 nitrogen and oxygen atoms in total. The highest BCUT2D eigenvalue weighted by atomic mass is 19.4. The van der Waals surface area contributed by atoms with Gasteiger partial charge in [-0.3, -0.25) is 9.78 Å². The van der Waals surface area contributed by atoms with Gasteiger partial charge in [-0.2, -0.15) is 13.2 Å². The van der Waals surface area contributed by atoms with Crippen LogP contribution in [0.2, 0.25) is 0 Å². The summed E-state index contributed by atoms with van der Waals surface area (Å²) in [5, 5.41) is 0. The summed E-state index contributed by atoms with van der Waals surface area (Å²) in [6.45, 7) is 4.64. The summed E-state index contributed by atoms with van der Waals surface area (Å²) >= 11 is 0. The second-order valence-electron chi connectivity index (χ2n) is 9.35. The van der Waals surface area contributed by atoms with E-state index >= 15 is 0 Å². The molecule has 1 aliphatic heterocycles. The number of nitrogens with zero attached hydrogens (tertiary/aromatic N) is 4. The van der Waals surface area contributed by atoms with Crippen molar-refractivity contribution in [2.24, 2.45) is 7.05 Å². The molecule has 3 heterocycles. The number of benzene rings is 2. The highest BCUT2D eigenvalue weighted by Crippen LogP contribution is 2.36. The fourth-order valence-corrected chi connectivity index (χ4v) is 4.62. The van der Waals surface area contributed by atoms with Gasteiger partial charge in [0.15, 0.2) is 5.69 Å². The lowest BCUT2D eigenvalue weighted by molar-refractivity contribution is -0.140. The Labute approximate surface area is 207 Å². The maximum absolute atomic E-state index is 13.0. The molecule has 5 rings (SSSR count). The van der Waals surface area contributed by atoms with Gasteiger partial charge in [-0.1, -0.05) is 62.4 Å². The number of amides is 1. The minimum absolute atomic E-state index is 0.0101. The third kappa shape index (κ3) is 4.39. The average Bonchev–Trinajstić information content (AvgIpc) is 3.39. The monoisotopic (exact) mass is 490 g/mol. The Kier molecular flexibility index (Phi) is 5.90. The molecule has 1 amide bonds. The number of anilines is 1. The van der Waals surface area contributed by atoms with E-state index < -0.39 is 11.9 Å². The van der Waals surface area contributed by atoms with Crippen molar-refractivity contribution in [3.63, 3.8) is 0 Å². The van der Waals surface area contributed by atoms with E-state index in [2.05, 4.69) is 29.9 Å². The summed E-state index contributed by atoms with van der Waals surface area (Å²) in [4.78, 5) is 23.0. The number of halogens is 3. The van der Waals surface area contributed by atoms with E-state index in [0.29, 0.717) is 24.4 Å². The number of hydrogen-bond acceptors (Lipinski definition) is 3. The highest BCUT2D eigenvalue weighted by Gasteiger charge is 2.34. The number of imidazole rings is 1. The van der Waals surface area contributed by atoms with Crippen molar-refractivity contribution in [1.82, 2.24) is 14.5 Å². The molecule has 0 fully saturated rings. The molecule has 184 valence electrons. The maximum Gasteiger partial charge on any atom is 0.434 e. The molecule has 36 heavy (non-hydrogen) atoms. The van der Waals surface area contributed by atoms with E-state index in [0.717, 1.165) is 34.3 Å². The van der Waals surface area contributed by atoms with Gasteiger partial charge in [-0.25, -0.2) is 4.98 Å². The molecule has 0 bridgehead atoms. The maximum atomic E-state index is 13.0. The molecule has 0 unspecified atom stereocenters. The first-order valence-corrected chi connectivity index (χ1v) is 11.7. The van der Waals surface area contributed by atoms with Crippen molar-refractivity contribution < 1.29 is 18.0 Å². The quantitative estimate of drug-likeness (QED) is 0.326. The molecular formula is C28H25F3N4O. The first-order valence-electron chi connectivity index (χ1n) is 11.7. The average molecular weight is 491 g/mol. The van der Waals surface area contributed by atoms with E-state index in [4.69, 9.17) is 0 Å². The molecule has 8 heteroatoms. The van der Waals surface area contributed by atoms with Crippen LogP contribution >= 0.6 is 0 Å². The zero-order valence-electron chi connectivity index (χ0n) is 20.2. The van der Waals surface area contributed by atoms with Crippen molar-refractivity contribution in [3.8, 4) is 22.6 Å². The zero-order chi connectivity index (χ0) is 25.6. The van der Waals surface area contributed by atoms with Crippen molar-refractivity contribution >= 4 is 11.6 Å². The summed E-state index contributed by atoms with van der Waals surface area (Å²) in [6, 6.07) is 17.2. The van der Waals surface area contributed by atoms with Gasteiger partial charge in [0.1, 0.15) is 5.82 Å². The van der Waals surface area contributed by atoms with E-state index in [1.807, 2.05) is 36.4 Å². The van der Waals surface area contributed by atoms with Crippen LogP contribution in [0.1, 0.15) is 42.1 Å². The van der Waals surface area contributed by atoms with Gasteiger partial charge in [0.2, 0.25) is 5.91 Å². The van der Waals surface area contributed by atoms with Crippen LogP contribution < -0.4 is 4.90 Å². The van der Waals surface area contributed by atoms with E-state index in [1.54, 1.807) is 23.2 Å². The molecule has 1 aliphatic rings. The number of fused-ring (bicyclic) bond motifs is 1. The summed E-state index contributed by atoms with van der Waals surface area (Å²) in [5.41, 5.74) is 5.30. The first kappa shape index (κ1) is 23.8. The van der Waals surface area contributed by atoms with E-state index in [-0.39, 0.29) is 11.7 Å². The Morgan fingerprint density at radius 1 is 1.06 bits per heavy atom. The van der Waals surface area contributed by atoms with Crippen LogP contribution in [-0.2, 0) is 31.0 Å². The minimum atomic E-state index is -4.50. The molecule has 0 aliphatic carbocycles. The molecule has 2 aromatic heterocycles. The van der Waals surface area contributed by atoms with Crippen molar-refractivity contribution in [3.05, 3.63) is 89.4 Å². The number of aryl methyl sites for hydroxylation is 1. The normalized spacial score (nSPS) is 13.5. The molecule has 0 spiro atoms. The summed E-state index contributed by atoms with van der Waals surface area (Å²) < 4.78 is 40.4. The van der Waals surface area contributed by atoms with Crippen LogP contribution in [0.5, 0.6) is 0 Å². The van der Waals surface area contributed by atoms with Crippen molar-refractivity contribution in [2.45, 2.75) is 38.9 Å². The van der Waals surface area contributed by atoms with Gasteiger partial charge >= 0.3 is 6.18 Å². The van der Waals surface area contributed by atoms with Crippen LogP contribution in [0.4, 0.5) is 18.9 Å². The predicted molar refractivity (Wildman–Crippen MR) is 132 cm³/mol. The number of aromatic nitrogens is 3. The number of pyridine rings is 1. The highest BCUT2D eigenvalue weighted by molar-refractivity contribution is 6.01. The number of carbonyl (C=O) groups excluding carboxylic acids is 1. The number of alkyl halides is 3. The predicted octanol–water partition coefficient (Wildman–Crippen LogP) is 6.38. The summed E-state index contributed by atoms with van der Waals surface area (Å²) in [5.74, 6) is 0.554. The smallest absolute Gasteiger partial charge is 0.333 e. The van der Waals surface area contributed by atoms with Crippen LogP contribution in [0.25, 0.3) is 22.6 Å². The largest absolute Gasteiger partial charge is 0.434 e. The molecule has 0 radical (unpaired) electrons. The zero-order valence-corrected chi connectivity index (χ0v) is 20.2. The van der Waals surface area contributed by atoms with Gasteiger partial charge in [0.25, 0.3) is 0 Å². The molecule has 0 atom stereocenters. The van der Waals surface area contributed by atoms with Crippen LogP contribution in [0.15, 0.2) is 67.0 Å². The SMILES string of the molecule is CC(C)c1ccccc1-c1cc2c(cn1)CC(=O)N2Cc1ccc(-c2nc(C(F)(F)F)cn2C)cc1. The third-order valence-electron chi connectivity index (χ3n) is 6.47. The Bertz CT molecular complexity index is 1440. The second-order valence-corrected chi connectivity index (χ2v) is 9.35. The Morgan fingerprint density at radius 2 is 1.78 bits per heavy atom. The molecular weight excluding hydrogens is 465 g/mol. The Hall–Kier alpha value is -3.94. The van der Waals surface area contributed by atoms with Gasteiger partial charge in [0, 0.05) is 36.1 Å². The van der Waals surface area contributed by atoms with Crippen LogP contribution in [0.3, 0.4) is 0 Å². The molecule has 0 saturated heterocycles. The lowest BCUT2D eigenvalue weighted by atomic mass is 9.95. The molecule has 4 aromatic rings. The fraction of sp³-hybridized carbons (Fsp3) is 0.250. The number of hydrogen-bond donors (Lipinski definition) is 0.